The van der Waals surface area contributed by atoms with Crippen LogP contribution in [0.2, 0.25) is 11.1 Å². The first-order valence-electron chi connectivity index (χ1n) is 2.23. The molecule has 1 heterocycles. The summed E-state index contributed by atoms with van der Waals surface area (Å²) in [5, 5.41) is 0. The summed E-state index contributed by atoms with van der Waals surface area (Å²) in [7, 11) is 1.39. The van der Waals surface area contributed by atoms with Gasteiger partial charge in [0.2, 0.25) is 0 Å². The maximum Gasteiger partial charge on any atom is 0.0448 e. The molecular formula is C4H6Si. The highest BCUT2D eigenvalue weighted by molar-refractivity contribution is 6.55. The van der Waals surface area contributed by atoms with Crippen LogP contribution in [0.15, 0.2) is 0 Å². The number of hydrogen-bond donors (Lipinski definition) is 0. The Morgan fingerprint density at radius 2 is 1.80 bits per heavy atom. The van der Waals surface area contributed by atoms with E-state index in [-0.39, 0.29) is 0 Å². The first-order valence-corrected chi connectivity index (χ1v) is 3.38. The van der Waals surface area contributed by atoms with Crippen LogP contribution in [0, 0.1) is 0 Å². The van der Waals surface area contributed by atoms with E-state index < -0.39 is 0 Å². The molecule has 0 nitrogen and oxygen atoms in total. The smallest absolute Gasteiger partial charge is 0.0448 e. The van der Waals surface area contributed by atoms with E-state index in [2.05, 4.69) is 0 Å². The van der Waals surface area contributed by atoms with Gasteiger partial charge in [-0.05, 0) is 11.1 Å². The van der Waals surface area contributed by atoms with Crippen LogP contribution in [0.5, 0.6) is 0 Å². The lowest BCUT2D eigenvalue weighted by Crippen LogP contribution is -1.82. The van der Waals surface area contributed by atoms with Crippen molar-refractivity contribution in [3.05, 3.63) is 0 Å². The highest BCUT2D eigenvalue weighted by atomic mass is 28.2. The monoisotopic (exact) mass is 82.0 g/mol. The topological polar surface area (TPSA) is 0 Å². The molecule has 0 N–H and O–H groups in total. The fourth-order valence-electron chi connectivity index (χ4n) is 0.886. The molecule has 1 aliphatic carbocycles. The molecule has 2 unspecified atom stereocenters. The molecule has 0 spiro atoms. The Morgan fingerprint density at radius 1 is 1.20 bits per heavy atom. The van der Waals surface area contributed by atoms with Gasteiger partial charge in [0.25, 0.3) is 0 Å². The molecule has 1 saturated heterocycles. The van der Waals surface area contributed by atoms with Gasteiger partial charge in [0.05, 0.1) is 0 Å². The number of fused-ring (bicyclic) bond motifs is 1. The fourth-order valence-corrected chi connectivity index (χ4v) is 2.32. The van der Waals surface area contributed by atoms with Crippen molar-refractivity contribution in [3.63, 3.8) is 0 Å². The van der Waals surface area contributed by atoms with Crippen molar-refractivity contribution in [2.45, 2.75) is 23.9 Å². The molecule has 1 saturated carbocycles. The lowest BCUT2D eigenvalue weighted by atomic mass is 10.0. The van der Waals surface area contributed by atoms with Crippen molar-refractivity contribution in [1.29, 1.82) is 0 Å². The average Bonchev–Trinajstić information content (AvgIpc) is 1.74. The van der Waals surface area contributed by atoms with Crippen LogP contribution in [0.4, 0.5) is 0 Å². The van der Waals surface area contributed by atoms with Crippen molar-refractivity contribution in [2.24, 2.45) is 0 Å². The molecule has 26 valence electrons. The lowest BCUT2D eigenvalue weighted by Gasteiger charge is -2.05. The molecule has 2 fully saturated rings. The standard InChI is InChI=1S/C4H6Si/c1-2-4-3(1)5-4/h3-4H,1-2H2. The van der Waals surface area contributed by atoms with Crippen LogP contribution in [-0.4, -0.2) is 9.52 Å². The van der Waals surface area contributed by atoms with E-state index in [0.29, 0.717) is 0 Å². The third-order valence-corrected chi connectivity index (χ3v) is 3.45. The van der Waals surface area contributed by atoms with Gasteiger partial charge in [-0.25, -0.2) is 0 Å². The minimum Gasteiger partial charge on any atom is -0.0533 e. The van der Waals surface area contributed by atoms with Crippen LogP contribution >= 0.6 is 0 Å². The molecule has 0 aromatic heterocycles. The lowest BCUT2D eigenvalue weighted by molar-refractivity contribution is 0.594. The summed E-state index contributed by atoms with van der Waals surface area (Å²) in [5.74, 6) is 0. The Kier molecular flexibility index (Phi) is 0.247. The molecule has 2 aliphatic rings. The summed E-state index contributed by atoms with van der Waals surface area (Å²) in [6, 6.07) is 0. The first kappa shape index (κ1) is 2.40. The molecule has 0 aromatic carbocycles. The van der Waals surface area contributed by atoms with Crippen molar-refractivity contribution in [2.75, 3.05) is 0 Å². The van der Waals surface area contributed by atoms with Gasteiger partial charge in [-0.2, -0.15) is 0 Å². The van der Waals surface area contributed by atoms with E-state index in [4.69, 9.17) is 0 Å². The quantitative estimate of drug-likeness (QED) is 0.383. The normalized spacial score (nSPS) is 57.6. The highest BCUT2D eigenvalue weighted by Crippen LogP contribution is 2.59. The van der Waals surface area contributed by atoms with Crippen molar-refractivity contribution in [1.82, 2.24) is 0 Å². The van der Waals surface area contributed by atoms with Crippen molar-refractivity contribution >= 4 is 9.52 Å². The van der Waals surface area contributed by atoms with Gasteiger partial charge in [0.15, 0.2) is 0 Å². The predicted molar refractivity (Wildman–Crippen MR) is 22.5 cm³/mol. The summed E-state index contributed by atoms with van der Waals surface area (Å²) >= 11 is 0. The molecule has 0 amide bonds. The second-order valence-corrected chi connectivity index (χ2v) is 3.77. The third-order valence-electron chi connectivity index (χ3n) is 1.59. The van der Waals surface area contributed by atoms with Crippen molar-refractivity contribution in [3.8, 4) is 0 Å². The Bertz CT molecular complexity index is 48.7. The largest absolute Gasteiger partial charge is 0.0533 e. The van der Waals surface area contributed by atoms with E-state index in [9.17, 15) is 0 Å². The van der Waals surface area contributed by atoms with Gasteiger partial charge in [-0.3, -0.25) is 0 Å². The maximum absolute atomic E-state index is 1.57. The Labute approximate surface area is 34.4 Å². The zero-order valence-corrected chi connectivity index (χ0v) is 4.07. The molecule has 2 radical (unpaired) electrons. The number of hydrogen-bond acceptors (Lipinski definition) is 0. The van der Waals surface area contributed by atoms with Crippen LogP contribution in [0.3, 0.4) is 0 Å². The average molecular weight is 82.2 g/mol. The summed E-state index contributed by atoms with van der Waals surface area (Å²) < 4.78 is 0. The zero-order chi connectivity index (χ0) is 3.28. The van der Waals surface area contributed by atoms with Gasteiger partial charge >= 0.3 is 0 Å². The minimum atomic E-state index is 1.26. The molecule has 0 bridgehead atoms. The van der Waals surface area contributed by atoms with E-state index in [1.54, 1.807) is 12.8 Å². The van der Waals surface area contributed by atoms with E-state index in [1.807, 2.05) is 0 Å². The molecule has 5 heavy (non-hydrogen) atoms. The second kappa shape index (κ2) is 0.514. The Morgan fingerprint density at radius 3 is 1.80 bits per heavy atom. The van der Waals surface area contributed by atoms with Gasteiger partial charge in [-0.15, -0.1) is 0 Å². The number of rotatable bonds is 0. The maximum atomic E-state index is 1.57. The van der Waals surface area contributed by atoms with Crippen LogP contribution in [0.25, 0.3) is 0 Å². The molecule has 2 rings (SSSR count). The predicted octanol–water partition coefficient (Wildman–Crippen LogP) is 1.07. The molecule has 1 heteroatoms. The molecule has 0 aromatic rings. The molecule has 2 atom stereocenters. The Hall–Kier alpha value is 0.217. The summed E-state index contributed by atoms with van der Waals surface area (Å²) in [4.78, 5) is 0. The van der Waals surface area contributed by atoms with Crippen LogP contribution in [0.1, 0.15) is 12.8 Å². The second-order valence-electron chi connectivity index (χ2n) is 1.96. The Balaban J connectivity index is 2.19. The van der Waals surface area contributed by atoms with Crippen LogP contribution < -0.4 is 0 Å². The van der Waals surface area contributed by atoms with Crippen molar-refractivity contribution < 1.29 is 0 Å². The van der Waals surface area contributed by atoms with Gasteiger partial charge in [0, 0.05) is 9.52 Å². The molecular weight excluding hydrogens is 76.1 g/mol. The fraction of sp³-hybridized carbons (Fsp3) is 1.00. The van der Waals surface area contributed by atoms with Gasteiger partial charge in [0.1, 0.15) is 0 Å². The summed E-state index contributed by atoms with van der Waals surface area (Å²) in [6.45, 7) is 0. The summed E-state index contributed by atoms with van der Waals surface area (Å²) in [6.07, 6.45) is 3.15. The summed E-state index contributed by atoms with van der Waals surface area (Å²) in [5.41, 5.74) is 2.52. The first-order chi connectivity index (χ1) is 2.47. The van der Waals surface area contributed by atoms with E-state index in [1.165, 1.54) is 20.6 Å². The van der Waals surface area contributed by atoms with E-state index >= 15 is 0 Å². The highest BCUT2D eigenvalue weighted by Gasteiger charge is 2.45. The third kappa shape index (κ3) is 0.165. The van der Waals surface area contributed by atoms with Crippen LogP contribution in [-0.2, 0) is 0 Å². The minimum absolute atomic E-state index is 1.26. The van der Waals surface area contributed by atoms with Gasteiger partial charge in [-0.1, -0.05) is 12.8 Å². The SMILES string of the molecule is C1CC2[Si]C12. The van der Waals surface area contributed by atoms with Gasteiger partial charge < -0.3 is 0 Å². The zero-order valence-electron chi connectivity index (χ0n) is 3.07. The molecule has 1 aliphatic heterocycles. The van der Waals surface area contributed by atoms with E-state index in [0.717, 1.165) is 0 Å².